The van der Waals surface area contributed by atoms with Crippen molar-refractivity contribution >= 4 is 16.9 Å². The molecule has 1 atom stereocenters. The molecule has 1 aromatic carbocycles. The molecule has 0 aliphatic carbocycles. The molecular weight excluding hydrogens is 308 g/mol. The second kappa shape index (κ2) is 6.48. The number of benzene rings is 1. The molecule has 0 fully saturated rings. The maximum atomic E-state index is 12.3. The molecule has 2 aromatic rings. The zero-order chi connectivity index (χ0) is 18.1. The van der Waals surface area contributed by atoms with Gasteiger partial charge in [0.15, 0.2) is 0 Å². The van der Waals surface area contributed by atoms with Crippen molar-refractivity contribution in [1.82, 2.24) is 0 Å². The Bertz CT molecular complexity index is 721. The highest BCUT2D eigenvalue weighted by atomic mass is 16.5. The number of rotatable bonds is 5. The smallest absolute Gasteiger partial charge is 0.374 e. The van der Waals surface area contributed by atoms with Crippen LogP contribution in [0.2, 0.25) is 0 Å². The predicted molar refractivity (Wildman–Crippen MR) is 92.3 cm³/mol. The van der Waals surface area contributed by atoms with E-state index in [1.54, 1.807) is 31.4 Å². The summed E-state index contributed by atoms with van der Waals surface area (Å²) in [5.41, 5.74) is -0.272. The SMILES string of the molecule is COc1ccc2oc(C(=O)OCC(C)(C)C(O)C(C)(C)C)cc2c1. The Labute approximate surface area is 142 Å². The van der Waals surface area contributed by atoms with Crippen molar-refractivity contribution in [3.63, 3.8) is 0 Å². The lowest BCUT2D eigenvalue weighted by Crippen LogP contribution is -2.43. The Kier molecular flexibility index (Phi) is 4.95. The van der Waals surface area contributed by atoms with E-state index < -0.39 is 17.5 Å². The van der Waals surface area contributed by atoms with Gasteiger partial charge in [0, 0.05) is 10.8 Å². The summed E-state index contributed by atoms with van der Waals surface area (Å²) in [7, 11) is 1.58. The van der Waals surface area contributed by atoms with E-state index >= 15 is 0 Å². The molecule has 1 unspecified atom stereocenters. The maximum Gasteiger partial charge on any atom is 0.374 e. The minimum atomic E-state index is -0.613. The van der Waals surface area contributed by atoms with Crippen LogP contribution in [0.1, 0.15) is 45.2 Å². The van der Waals surface area contributed by atoms with Crippen LogP contribution in [-0.4, -0.2) is 30.9 Å². The molecule has 1 heterocycles. The molecule has 0 radical (unpaired) electrons. The molecular formula is C19H26O5. The van der Waals surface area contributed by atoms with Crippen LogP contribution in [0.3, 0.4) is 0 Å². The summed E-state index contributed by atoms with van der Waals surface area (Å²) in [6, 6.07) is 6.94. The normalized spacial score (nSPS) is 13.8. The molecule has 0 spiro atoms. The lowest BCUT2D eigenvalue weighted by molar-refractivity contribution is -0.0639. The number of methoxy groups -OCH3 is 1. The second-order valence-electron chi connectivity index (χ2n) is 7.85. The van der Waals surface area contributed by atoms with E-state index in [1.165, 1.54) is 0 Å². The monoisotopic (exact) mass is 334 g/mol. The standard InChI is InChI=1S/C19H26O5/c1-18(2,3)17(21)19(4,5)11-23-16(20)15-10-12-9-13(22-6)7-8-14(12)24-15/h7-10,17,21H,11H2,1-6H3. The average molecular weight is 334 g/mol. The van der Waals surface area contributed by atoms with Crippen LogP contribution in [0.5, 0.6) is 5.75 Å². The summed E-state index contributed by atoms with van der Waals surface area (Å²) in [5.74, 6) is 0.288. The zero-order valence-corrected chi connectivity index (χ0v) is 15.2. The number of ether oxygens (including phenoxy) is 2. The Morgan fingerprint density at radius 2 is 1.88 bits per heavy atom. The third kappa shape index (κ3) is 3.90. The largest absolute Gasteiger partial charge is 0.497 e. The average Bonchev–Trinajstić information content (AvgIpc) is 2.93. The lowest BCUT2D eigenvalue weighted by Gasteiger charge is -2.38. The molecule has 0 saturated carbocycles. The first-order valence-corrected chi connectivity index (χ1v) is 7.97. The summed E-state index contributed by atoms with van der Waals surface area (Å²) in [5, 5.41) is 11.2. The minimum Gasteiger partial charge on any atom is -0.497 e. The van der Waals surface area contributed by atoms with Gasteiger partial charge in [-0.05, 0) is 29.7 Å². The number of furan rings is 1. The van der Waals surface area contributed by atoms with Crippen LogP contribution in [0.25, 0.3) is 11.0 Å². The van der Waals surface area contributed by atoms with Crippen LogP contribution in [0.4, 0.5) is 0 Å². The molecule has 0 saturated heterocycles. The van der Waals surface area contributed by atoms with Gasteiger partial charge in [-0.3, -0.25) is 0 Å². The van der Waals surface area contributed by atoms with E-state index in [4.69, 9.17) is 13.9 Å². The molecule has 2 rings (SSSR count). The van der Waals surface area contributed by atoms with Crippen molar-refractivity contribution in [2.75, 3.05) is 13.7 Å². The predicted octanol–water partition coefficient (Wildman–Crippen LogP) is 4.03. The highest BCUT2D eigenvalue weighted by Gasteiger charge is 2.37. The fourth-order valence-electron chi connectivity index (χ4n) is 2.82. The molecule has 5 nitrogen and oxygen atoms in total. The lowest BCUT2D eigenvalue weighted by atomic mass is 9.73. The summed E-state index contributed by atoms with van der Waals surface area (Å²) in [6.07, 6.45) is -0.613. The van der Waals surface area contributed by atoms with E-state index in [-0.39, 0.29) is 17.8 Å². The van der Waals surface area contributed by atoms with Crippen molar-refractivity contribution in [3.05, 3.63) is 30.0 Å². The van der Waals surface area contributed by atoms with Gasteiger partial charge >= 0.3 is 5.97 Å². The first kappa shape index (κ1) is 18.3. The Hall–Kier alpha value is -2.01. The van der Waals surface area contributed by atoms with Gasteiger partial charge in [-0.25, -0.2) is 4.79 Å². The Morgan fingerprint density at radius 1 is 1.21 bits per heavy atom. The number of fused-ring (bicyclic) bond motifs is 1. The van der Waals surface area contributed by atoms with E-state index in [2.05, 4.69) is 0 Å². The van der Waals surface area contributed by atoms with Gasteiger partial charge in [0.25, 0.3) is 0 Å². The van der Waals surface area contributed by atoms with Crippen molar-refractivity contribution < 1.29 is 23.8 Å². The quantitative estimate of drug-likeness (QED) is 0.836. The summed E-state index contributed by atoms with van der Waals surface area (Å²) < 4.78 is 16.1. The van der Waals surface area contributed by atoms with E-state index in [1.807, 2.05) is 34.6 Å². The topological polar surface area (TPSA) is 68.9 Å². The maximum absolute atomic E-state index is 12.3. The van der Waals surface area contributed by atoms with Crippen LogP contribution in [-0.2, 0) is 4.74 Å². The van der Waals surface area contributed by atoms with E-state index in [0.29, 0.717) is 11.3 Å². The van der Waals surface area contributed by atoms with Crippen molar-refractivity contribution in [1.29, 1.82) is 0 Å². The van der Waals surface area contributed by atoms with Crippen LogP contribution in [0.15, 0.2) is 28.7 Å². The molecule has 0 aliphatic rings. The summed E-state index contributed by atoms with van der Waals surface area (Å²) >= 11 is 0. The number of carbonyl (C=O) groups excluding carboxylic acids is 1. The molecule has 5 heteroatoms. The Morgan fingerprint density at radius 3 is 2.46 bits per heavy atom. The molecule has 1 N–H and O–H groups in total. The van der Waals surface area contributed by atoms with Gasteiger partial charge in [0.05, 0.1) is 19.8 Å². The summed E-state index contributed by atoms with van der Waals surface area (Å²) in [4.78, 5) is 12.3. The van der Waals surface area contributed by atoms with Gasteiger partial charge in [0.1, 0.15) is 11.3 Å². The molecule has 132 valence electrons. The number of carbonyl (C=O) groups is 1. The van der Waals surface area contributed by atoms with Crippen molar-refractivity contribution in [2.45, 2.75) is 40.7 Å². The number of hydrogen-bond acceptors (Lipinski definition) is 5. The first-order valence-electron chi connectivity index (χ1n) is 7.97. The number of hydrogen-bond donors (Lipinski definition) is 1. The van der Waals surface area contributed by atoms with Gasteiger partial charge < -0.3 is 19.0 Å². The van der Waals surface area contributed by atoms with E-state index in [9.17, 15) is 9.90 Å². The molecule has 0 bridgehead atoms. The molecule has 24 heavy (non-hydrogen) atoms. The minimum absolute atomic E-state index is 0.102. The first-order chi connectivity index (χ1) is 11.0. The third-order valence-electron chi connectivity index (χ3n) is 4.06. The summed E-state index contributed by atoms with van der Waals surface area (Å²) in [6.45, 7) is 9.71. The molecule has 0 amide bonds. The molecule has 0 aliphatic heterocycles. The van der Waals surface area contributed by atoms with Gasteiger partial charge in [-0.15, -0.1) is 0 Å². The van der Waals surface area contributed by atoms with Crippen LogP contribution in [0, 0.1) is 10.8 Å². The highest BCUT2D eigenvalue weighted by molar-refractivity contribution is 5.92. The van der Waals surface area contributed by atoms with Gasteiger partial charge in [-0.1, -0.05) is 34.6 Å². The van der Waals surface area contributed by atoms with Gasteiger partial charge in [0.2, 0.25) is 5.76 Å². The fourth-order valence-corrected chi connectivity index (χ4v) is 2.82. The number of esters is 1. The number of aliphatic hydroxyl groups excluding tert-OH is 1. The number of aliphatic hydroxyl groups is 1. The van der Waals surface area contributed by atoms with Crippen molar-refractivity contribution in [2.24, 2.45) is 10.8 Å². The van der Waals surface area contributed by atoms with Crippen LogP contribution >= 0.6 is 0 Å². The third-order valence-corrected chi connectivity index (χ3v) is 4.06. The van der Waals surface area contributed by atoms with Crippen LogP contribution < -0.4 is 4.74 Å². The highest BCUT2D eigenvalue weighted by Crippen LogP contribution is 2.34. The molecule has 1 aromatic heterocycles. The zero-order valence-electron chi connectivity index (χ0n) is 15.2. The van der Waals surface area contributed by atoms with Crippen molar-refractivity contribution in [3.8, 4) is 5.75 Å². The van der Waals surface area contributed by atoms with E-state index in [0.717, 1.165) is 5.39 Å². The van der Waals surface area contributed by atoms with Gasteiger partial charge in [-0.2, -0.15) is 0 Å². The second-order valence-corrected chi connectivity index (χ2v) is 7.85. The fraction of sp³-hybridized carbons (Fsp3) is 0.526. The Balaban J connectivity index is 2.10.